The third-order valence-corrected chi connectivity index (χ3v) is 13.0. The quantitative estimate of drug-likeness (QED) is 0.168. The Kier molecular flexibility index (Phi) is 8.28. The van der Waals surface area contributed by atoms with E-state index in [1.165, 1.54) is 60.2 Å². The molecule has 3 aromatic heterocycles. The molecule has 1 aliphatic carbocycles. The zero-order chi connectivity index (χ0) is 42.1. The Hall–Kier alpha value is -8.41. The number of para-hydroxylation sites is 1. The van der Waals surface area contributed by atoms with Gasteiger partial charge in [0.1, 0.15) is 0 Å². The summed E-state index contributed by atoms with van der Waals surface area (Å²) < 4.78 is 5.02. The van der Waals surface area contributed by atoms with Crippen molar-refractivity contribution in [3.8, 4) is 51.0 Å². The number of rotatable bonds is 6. The zero-order valence-corrected chi connectivity index (χ0v) is 34.9. The van der Waals surface area contributed by atoms with Crippen LogP contribution >= 0.6 is 0 Å². The first-order valence-corrected chi connectivity index (χ1v) is 22.0. The monoisotopic (exact) mass is 817 g/mol. The fourth-order valence-electron chi connectivity index (χ4n) is 10.1. The van der Waals surface area contributed by atoms with Crippen molar-refractivity contribution < 1.29 is 0 Å². The topological polar surface area (TPSA) is 48.5 Å². The Morgan fingerprint density at radius 3 is 1.64 bits per heavy atom. The number of fused-ring (bicyclic) bond motifs is 9. The molecule has 0 radical (unpaired) electrons. The number of aromatic nitrogens is 5. The molecular formula is C59H39N5. The molecule has 0 N–H and O–H groups in total. The second-order valence-electron chi connectivity index (χ2n) is 16.7. The molecule has 0 atom stereocenters. The molecule has 0 aliphatic heterocycles. The largest absolute Gasteiger partial charge is 0.313 e. The summed E-state index contributed by atoms with van der Waals surface area (Å²) in [5.74, 6) is 1.91. The van der Waals surface area contributed by atoms with Crippen LogP contribution in [0.25, 0.3) is 122 Å². The molecule has 12 aromatic rings. The first-order valence-electron chi connectivity index (χ1n) is 22.0. The summed E-state index contributed by atoms with van der Waals surface area (Å²) in [7, 11) is 0. The van der Waals surface area contributed by atoms with E-state index in [0.29, 0.717) is 17.5 Å². The van der Waals surface area contributed by atoms with Crippen LogP contribution in [0, 0.1) is 0 Å². The molecule has 0 amide bonds. The van der Waals surface area contributed by atoms with Gasteiger partial charge in [-0.05, 0) is 82.6 Å². The molecule has 0 fully saturated rings. The van der Waals surface area contributed by atoms with Gasteiger partial charge in [0.05, 0.1) is 27.8 Å². The Morgan fingerprint density at radius 1 is 0.375 bits per heavy atom. The molecule has 1 aliphatic rings. The minimum atomic E-state index is 0.626. The summed E-state index contributed by atoms with van der Waals surface area (Å²) in [6.07, 6.45) is 8.75. The lowest BCUT2D eigenvalue weighted by Crippen LogP contribution is -2.02. The van der Waals surface area contributed by atoms with Gasteiger partial charge in [-0.3, -0.25) is 0 Å². The molecular weight excluding hydrogens is 779 g/mol. The van der Waals surface area contributed by atoms with Gasteiger partial charge in [-0.15, -0.1) is 0 Å². The van der Waals surface area contributed by atoms with Gasteiger partial charge in [0.2, 0.25) is 0 Å². The second kappa shape index (κ2) is 14.6. The average Bonchev–Trinajstić information content (AvgIpc) is 3.87. The fourth-order valence-corrected chi connectivity index (χ4v) is 10.1. The molecule has 300 valence electrons. The van der Waals surface area contributed by atoms with Crippen LogP contribution in [0.4, 0.5) is 0 Å². The first-order chi connectivity index (χ1) is 31.7. The summed E-state index contributed by atoms with van der Waals surface area (Å²) in [5, 5.41) is 9.73. The van der Waals surface area contributed by atoms with Gasteiger partial charge in [-0.25, -0.2) is 15.0 Å². The maximum Gasteiger partial charge on any atom is 0.164 e. The summed E-state index contributed by atoms with van der Waals surface area (Å²) in [6.45, 7) is 0. The molecule has 13 rings (SSSR count). The molecule has 9 aromatic carbocycles. The average molecular weight is 818 g/mol. The fraction of sp³-hybridized carbons (Fsp3) is 0.0339. The molecule has 3 heterocycles. The second-order valence-corrected chi connectivity index (χ2v) is 16.7. The third-order valence-electron chi connectivity index (χ3n) is 13.0. The maximum atomic E-state index is 5.19. The lowest BCUT2D eigenvalue weighted by Gasteiger charge is -2.16. The van der Waals surface area contributed by atoms with Crippen molar-refractivity contribution in [3.05, 3.63) is 212 Å². The van der Waals surface area contributed by atoms with E-state index in [0.717, 1.165) is 57.0 Å². The Balaban J connectivity index is 1.13. The number of allylic oxidation sites excluding steroid dienone is 4. The number of benzene rings is 9. The van der Waals surface area contributed by atoms with E-state index in [9.17, 15) is 0 Å². The molecule has 5 nitrogen and oxygen atoms in total. The van der Waals surface area contributed by atoms with E-state index in [2.05, 4.69) is 185 Å². The lowest BCUT2D eigenvalue weighted by molar-refractivity contribution is 0.979. The minimum Gasteiger partial charge on any atom is -0.313 e. The van der Waals surface area contributed by atoms with Gasteiger partial charge in [-0.1, -0.05) is 170 Å². The van der Waals surface area contributed by atoms with Gasteiger partial charge < -0.3 is 9.13 Å². The third kappa shape index (κ3) is 5.75. The van der Waals surface area contributed by atoms with Gasteiger partial charge >= 0.3 is 0 Å². The predicted molar refractivity (Wildman–Crippen MR) is 267 cm³/mol. The Bertz CT molecular complexity index is 3820. The molecule has 64 heavy (non-hydrogen) atoms. The van der Waals surface area contributed by atoms with E-state index in [1.54, 1.807) is 0 Å². The van der Waals surface area contributed by atoms with Gasteiger partial charge in [0, 0.05) is 49.3 Å². The molecule has 0 spiro atoms. The van der Waals surface area contributed by atoms with E-state index in [-0.39, 0.29) is 0 Å². The van der Waals surface area contributed by atoms with Crippen LogP contribution in [-0.4, -0.2) is 24.1 Å². The summed E-state index contributed by atoms with van der Waals surface area (Å²) in [4.78, 5) is 15.4. The molecule has 0 saturated heterocycles. The van der Waals surface area contributed by atoms with E-state index in [4.69, 9.17) is 15.0 Å². The van der Waals surface area contributed by atoms with Crippen LogP contribution in [0.15, 0.2) is 212 Å². The standard InChI is InChI=1S/C59H39N5/c1-5-19-38(20-6-1)48-36-55-56(47-31-16-15-29-45(47)48)50-35-49-46-30-17-18-32-51(46)64(53(49)37-54(50)63(55)43-26-11-4-12-27-43)52-34-42(33-41-25-13-14-28-44(41)52)59-61-57(39-21-7-2-8-22-39)60-58(62-59)40-23-9-3-10-24-40/h1-11,13-26,28-37H,12,27H2. The van der Waals surface area contributed by atoms with Crippen molar-refractivity contribution in [2.24, 2.45) is 0 Å². The predicted octanol–water partition coefficient (Wildman–Crippen LogP) is 15.2. The molecule has 0 unspecified atom stereocenters. The van der Waals surface area contributed by atoms with Gasteiger partial charge in [-0.2, -0.15) is 0 Å². The normalized spacial score (nSPS) is 12.9. The smallest absolute Gasteiger partial charge is 0.164 e. The van der Waals surface area contributed by atoms with Crippen molar-refractivity contribution in [1.29, 1.82) is 0 Å². The van der Waals surface area contributed by atoms with Crippen molar-refractivity contribution in [2.75, 3.05) is 0 Å². The number of hydrogen-bond donors (Lipinski definition) is 0. The van der Waals surface area contributed by atoms with Gasteiger partial charge in [0.25, 0.3) is 0 Å². The van der Waals surface area contributed by atoms with Crippen LogP contribution in [0.3, 0.4) is 0 Å². The SMILES string of the molecule is C1=CCCC(n2c3cc4c(cc3c3c5ccccc5c(-c5ccccc5)cc32)c2ccccc2n4-c2cc(-c3nc(-c4ccccc4)nc(-c4ccccc4)n3)cc3ccccc23)=C1. The van der Waals surface area contributed by atoms with E-state index in [1.807, 2.05) is 36.4 Å². The molecule has 5 heteroatoms. The van der Waals surface area contributed by atoms with Crippen LogP contribution in [0.2, 0.25) is 0 Å². The summed E-state index contributed by atoms with van der Waals surface area (Å²) in [6, 6.07) is 69.5. The highest BCUT2D eigenvalue weighted by Crippen LogP contribution is 2.46. The summed E-state index contributed by atoms with van der Waals surface area (Å²) >= 11 is 0. The number of nitrogens with zero attached hydrogens (tertiary/aromatic N) is 5. The highest BCUT2D eigenvalue weighted by Gasteiger charge is 2.24. The minimum absolute atomic E-state index is 0.626. The van der Waals surface area contributed by atoms with Crippen molar-refractivity contribution >= 4 is 70.9 Å². The first kappa shape index (κ1) is 36.3. The van der Waals surface area contributed by atoms with E-state index >= 15 is 0 Å². The van der Waals surface area contributed by atoms with Crippen LogP contribution in [0.1, 0.15) is 12.8 Å². The summed E-state index contributed by atoms with van der Waals surface area (Å²) in [5.41, 5.74) is 12.3. The van der Waals surface area contributed by atoms with Crippen molar-refractivity contribution in [3.63, 3.8) is 0 Å². The van der Waals surface area contributed by atoms with E-state index < -0.39 is 0 Å². The Labute approximate surface area is 369 Å². The highest BCUT2D eigenvalue weighted by atomic mass is 15.0. The van der Waals surface area contributed by atoms with Crippen molar-refractivity contribution in [1.82, 2.24) is 24.1 Å². The van der Waals surface area contributed by atoms with Crippen molar-refractivity contribution in [2.45, 2.75) is 12.8 Å². The van der Waals surface area contributed by atoms with Crippen LogP contribution < -0.4 is 0 Å². The molecule has 0 bridgehead atoms. The zero-order valence-electron chi connectivity index (χ0n) is 34.9. The maximum absolute atomic E-state index is 5.19. The molecule has 0 saturated carbocycles. The van der Waals surface area contributed by atoms with Crippen LogP contribution in [0.5, 0.6) is 0 Å². The lowest BCUT2D eigenvalue weighted by atomic mass is 9.94. The van der Waals surface area contributed by atoms with Gasteiger partial charge in [0.15, 0.2) is 17.5 Å². The number of hydrogen-bond acceptors (Lipinski definition) is 3. The van der Waals surface area contributed by atoms with Crippen LogP contribution in [-0.2, 0) is 0 Å². The highest BCUT2D eigenvalue weighted by molar-refractivity contribution is 6.27. The Morgan fingerprint density at radius 2 is 0.953 bits per heavy atom.